The van der Waals surface area contributed by atoms with Crippen LogP contribution in [0.25, 0.3) is 5.69 Å². The van der Waals surface area contributed by atoms with E-state index in [4.69, 9.17) is 4.42 Å². The van der Waals surface area contributed by atoms with E-state index in [1.807, 2.05) is 18.2 Å². The Labute approximate surface area is 206 Å². The van der Waals surface area contributed by atoms with Gasteiger partial charge in [0.25, 0.3) is 17.4 Å². The number of hydrogen-bond donors (Lipinski definition) is 3. The summed E-state index contributed by atoms with van der Waals surface area (Å²) >= 11 is 0. The van der Waals surface area contributed by atoms with Crippen LogP contribution in [0, 0.1) is 6.92 Å². The number of nitrogens with zero attached hydrogens (tertiary/aromatic N) is 2. The van der Waals surface area contributed by atoms with Gasteiger partial charge in [-0.05, 0) is 56.3 Å². The van der Waals surface area contributed by atoms with Crippen LogP contribution in [0.3, 0.4) is 0 Å². The van der Waals surface area contributed by atoms with Crippen LogP contribution in [0.4, 0.5) is 11.4 Å². The van der Waals surface area contributed by atoms with Crippen molar-refractivity contribution in [2.24, 2.45) is 7.05 Å². The highest BCUT2D eigenvalue weighted by atomic mass is 16.3. The zero-order valence-corrected chi connectivity index (χ0v) is 19.9. The van der Waals surface area contributed by atoms with E-state index in [0.29, 0.717) is 17.1 Å². The summed E-state index contributed by atoms with van der Waals surface area (Å²) in [7, 11) is 1.74. The fourth-order valence-electron chi connectivity index (χ4n) is 3.63. The summed E-state index contributed by atoms with van der Waals surface area (Å²) in [6, 6.07) is 17.6. The molecule has 0 fully saturated rings. The maximum absolute atomic E-state index is 13.1. The van der Waals surface area contributed by atoms with Crippen LogP contribution in [0.5, 0.6) is 0 Å². The number of amides is 3. The van der Waals surface area contributed by atoms with Crippen molar-refractivity contribution in [1.82, 2.24) is 14.7 Å². The van der Waals surface area contributed by atoms with Gasteiger partial charge in [0.05, 0.1) is 17.6 Å². The van der Waals surface area contributed by atoms with E-state index < -0.39 is 23.8 Å². The number of anilines is 2. The Bertz CT molecular complexity index is 1470. The van der Waals surface area contributed by atoms with Crippen LogP contribution in [-0.2, 0) is 11.8 Å². The summed E-state index contributed by atoms with van der Waals surface area (Å²) in [6.45, 7) is 3.27. The zero-order chi connectivity index (χ0) is 25.8. The van der Waals surface area contributed by atoms with E-state index in [2.05, 4.69) is 16.0 Å². The second-order valence-corrected chi connectivity index (χ2v) is 8.13. The normalized spacial score (nSPS) is 11.5. The summed E-state index contributed by atoms with van der Waals surface area (Å²) in [6.07, 6.45) is 1.37. The number of carbonyl (C=O) groups excluding carboxylic acids is 3. The third-order valence-electron chi connectivity index (χ3n) is 5.67. The average molecular weight is 488 g/mol. The van der Waals surface area contributed by atoms with Crippen LogP contribution >= 0.6 is 0 Å². The molecule has 3 N–H and O–H groups in total. The highest BCUT2D eigenvalue weighted by molar-refractivity contribution is 6.06. The van der Waals surface area contributed by atoms with Crippen LogP contribution in [0.1, 0.15) is 33.5 Å². The summed E-state index contributed by atoms with van der Waals surface area (Å²) in [4.78, 5) is 50.7. The second kappa shape index (κ2) is 10.2. The van der Waals surface area contributed by atoms with E-state index >= 15 is 0 Å². The first-order valence-corrected chi connectivity index (χ1v) is 11.2. The fraction of sp³-hybridized carbons (Fsp3) is 0.154. The van der Waals surface area contributed by atoms with E-state index in [1.54, 1.807) is 55.1 Å². The van der Waals surface area contributed by atoms with Gasteiger partial charge in [0, 0.05) is 18.3 Å². The Morgan fingerprint density at radius 2 is 1.67 bits per heavy atom. The third-order valence-corrected chi connectivity index (χ3v) is 5.67. The third kappa shape index (κ3) is 4.97. The topological polar surface area (TPSA) is 127 Å². The van der Waals surface area contributed by atoms with Crippen molar-refractivity contribution in [3.63, 3.8) is 0 Å². The van der Waals surface area contributed by atoms with Gasteiger partial charge in [-0.2, -0.15) is 0 Å². The molecule has 36 heavy (non-hydrogen) atoms. The van der Waals surface area contributed by atoms with Crippen molar-refractivity contribution in [3.8, 4) is 5.69 Å². The molecule has 0 saturated heterocycles. The van der Waals surface area contributed by atoms with Crippen molar-refractivity contribution < 1.29 is 18.8 Å². The molecule has 0 unspecified atom stereocenters. The Morgan fingerprint density at radius 1 is 0.917 bits per heavy atom. The minimum absolute atomic E-state index is 0.0934. The summed E-state index contributed by atoms with van der Waals surface area (Å²) < 4.78 is 8.16. The highest BCUT2D eigenvalue weighted by Crippen LogP contribution is 2.17. The van der Waals surface area contributed by atoms with Gasteiger partial charge in [-0.1, -0.05) is 24.3 Å². The lowest BCUT2D eigenvalue weighted by Gasteiger charge is -2.14. The zero-order valence-electron chi connectivity index (χ0n) is 19.9. The molecule has 1 atom stereocenters. The molecule has 184 valence electrons. The number of carbonyl (C=O) groups is 3. The van der Waals surface area contributed by atoms with Gasteiger partial charge in [-0.3, -0.25) is 23.9 Å². The average Bonchev–Trinajstić information content (AvgIpc) is 3.48. The van der Waals surface area contributed by atoms with Crippen LogP contribution in [0.2, 0.25) is 0 Å². The van der Waals surface area contributed by atoms with Crippen LogP contribution in [-0.4, -0.2) is 33.1 Å². The highest BCUT2D eigenvalue weighted by Gasteiger charge is 2.20. The van der Waals surface area contributed by atoms with Gasteiger partial charge >= 0.3 is 0 Å². The van der Waals surface area contributed by atoms with E-state index in [0.717, 1.165) is 0 Å². The molecule has 0 saturated carbocycles. The molecule has 4 rings (SSSR count). The van der Waals surface area contributed by atoms with Gasteiger partial charge < -0.3 is 20.4 Å². The molecule has 0 spiro atoms. The van der Waals surface area contributed by atoms with Gasteiger partial charge in [-0.15, -0.1) is 0 Å². The van der Waals surface area contributed by atoms with Gasteiger partial charge in [0.2, 0.25) is 5.91 Å². The Hall–Kier alpha value is -4.86. The Morgan fingerprint density at radius 3 is 2.36 bits per heavy atom. The molecular weight excluding hydrogens is 462 g/mol. The molecule has 0 aliphatic heterocycles. The minimum Gasteiger partial charge on any atom is -0.459 e. The molecule has 2 aromatic heterocycles. The summed E-state index contributed by atoms with van der Waals surface area (Å²) in [5.41, 5.74) is 1.66. The van der Waals surface area contributed by atoms with E-state index in [-0.39, 0.29) is 22.6 Å². The van der Waals surface area contributed by atoms with Crippen molar-refractivity contribution in [1.29, 1.82) is 0 Å². The van der Waals surface area contributed by atoms with Crippen molar-refractivity contribution >= 4 is 29.1 Å². The largest absolute Gasteiger partial charge is 0.459 e. The number of aromatic nitrogens is 2. The monoisotopic (exact) mass is 487 g/mol. The summed E-state index contributed by atoms with van der Waals surface area (Å²) in [5.74, 6) is -1.40. The molecule has 2 aromatic carbocycles. The van der Waals surface area contributed by atoms with Gasteiger partial charge in [-0.25, -0.2) is 4.68 Å². The van der Waals surface area contributed by atoms with Crippen molar-refractivity contribution in [2.75, 3.05) is 10.6 Å². The Balaban J connectivity index is 1.47. The molecule has 10 heteroatoms. The number of benzene rings is 2. The van der Waals surface area contributed by atoms with Crippen molar-refractivity contribution in [2.45, 2.75) is 19.9 Å². The van der Waals surface area contributed by atoms with Gasteiger partial charge in [0.15, 0.2) is 5.76 Å². The molecular formula is C26H25N5O5. The van der Waals surface area contributed by atoms with Crippen LogP contribution < -0.4 is 21.5 Å². The lowest BCUT2D eigenvalue weighted by Crippen LogP contribution is -2.41. The lowest BCUT2D eigenvalue weighted by atomic mass is 10.1. The fourth-order valence-corrected chi connectivity index (χ4v) is 3.63. The standard InChI is InChI=1S/C26H25N5O5/c1-16(27-25(34)21-13-8-14-36-21)23(32)28-19-10-7-9-18(15-19)24(33)29-22-17(2)30(3)31(26(22)35)20-11-5-4-6-12-20/h4-16H,1-3H3,(H,27,34)(H,28,32)(H,29,33)/t16-/m1/s1. The smallest absolute Gasteiger partial charge is 0.295 e. The molecule has 4 aromatic rings. The lowest BCUT2D eigenvalue weighted by molar-refractivity contribution is -0.117. The van der Waals surface area contributed by atoms with E-state index in [9.17, 15) is 19.2 Å². The molecule has 3 amide bonds. The molecule has 0 bridgehead atoms. The molecule has 0 radical (unpaired) electrons. The van der Waals surface area contributed by atoms with Gasteiger partial charge in [0.1, 0.15) is 11.7 Å². The number of hydrogen-bond acceptors (Lipinski definition) is 5. The Kier molecular flexibility index (Phi) is 6.86. The number of furan rings is 1. The molecule has 0 aliphatic rings. The van der Waals surface area contributed by atoms with Crippen molar-refractivity contribution in [3.05, 3.63) is 100 Å². The molecule has 0 aliphatic carbocycles. The number of para-hydroxylation sites is 1. The first-order valence-electron chi connectivity index (χ1n) is 11.2. The molecule has 2 heterocycles. The minimum atomic E-state index is -0.858. The number of rotatable bonds is 7. The maximum Gasteiger partial charge on any atom is 0.295 e. The summed E-state index contributed by atoms with van der Waals surface area (Å²) in [5, 5.41) is 7.91. The maximum atomic E-state index is 13.1. The SMILES string of the molecule is Cc1c(NC(=O)c2cccc(NC(=O)[C@@H](C)NC(=O)c3ccco3)c2)c(=O)n(-c2ccccc2)n1C. The predicted octanol–water partition coefficient (Wildman–Crippen LogP) is 3.09. The second-order valence-electron chi connectivity index (χ2n) is 8.13. The first-order chi connectivity index (χ1) is 17.3. The van der Waals surface area contributed by atoms with E-state index in [1.165, 1.54) is 30.0 Å². The number of nitrogens with one attached hydrogen (secondary N) is 3. The first kappa shape index (κ1) is 24.3. The quantitative estimate of drug-likeness (QED) is 0.369. The molecule has 10 nitrogen and oxygen atoms in total. The van der Waals surface area contributed by atoms with Crippen LogP contribution in [0.15, 0.2) is 82.2 Å². The predicted molar refractivity (Wildman–Crippen MR) is 134 cm³/mol.